The predicted molar refractivity (Wildman–Crippen MR) is 253 cm³/mol. The number of nitrogens with zero attached hydrogens (tertiary/aromatic N) is 4. The maximum Gasteiger partial charge on any atom is 0.164 e. The van der Waals surface area contributed by atoms with E-state index in [2.05, 4.69) is 217 Å². The Kier molecular flexibility index (Phi) is 8.36. The quantitative estimate of drug-likeness (QED) is 0.161. The van der Waals surface area contributed by atoms with Gasteiger partial charge in [-0.05, 0) is 80.9 Å². The van der Waals surface area contributed by atoms with Crippen LogP contribution in [0, 0.1) is 0 Å². The van der Waals surface area contributed by atoms with Gasteiger partial charge in [-0.1, -0.05) is 194 Å². The summed E-state index contributed by atoms with van der Waals surface area (Å²) in [4.78, 5) is 16.1. The summed E-state index contributed by atoms with van der Waals surface area (Å²) in [6.45, 7) is 0. The van der Waals surface area contributed by atoms with Crippen molar-refractivity contribution in [3.05, 3.63) is 253 Å². The number of aromatic nitrogens is 4. The minimum Gasteiger partial charge on any atom is -0.309 e. The number of hydrogen-bond donors (Lipinski definition) is 0. The molecule has 12 rings (SSSR count). The minimum absolute atomic E-state index is 0.591. The Morgan fingerprint density at radius 2 is 0.839 bits per heavy atom. The van der Waals surface area contributed by atoms with Crippen LogP contribution in [0.15, 0.2) is 231 Å². The summed E-state index contributed by atoms with van der Waals surface area (Å²) in [6, 6.07) is 82.2. The number of benzene rings is 9. The molecular weight excluding hydrogens is 753 g/mol. The van der Waals surface area contributed by atoms with Gasteiger partial charge in [0.15, 0.2) is 17.5 Å². The van der Waals surface area contributed by atoms with E-state index >= 15 is 0 Å². The van der Waals surface area contributed by atoms with Crippen molar-refractivity contribution in [2.75, 3.05) is 0 Å². The minimum atomic E-state index is -0.591. The van der Waals surface area contributed by atoms with Crippen molar-refractivity contribution in [1.29, 1.82) is 0 Å². The molecule has 9 aromatic carbocycles. The second kappa shape index (κ2) is 14.5. The van der Waals surface area contributed by atoms with Gasteiger partial charge in [-0.15, -0.1) is 0 Å². The van der Waals surface area contributed by atoms with Gasteiger partial charge in [0.25, 0.3) is 0 Å². The van der Waals surface area contributed by atoms with Gasteiger partial charge in [0, 0.05) is 33.2 Å². The maximum atomic E-state index is 5.49. The van der Waals surface area contributed by atoms with Crippen LogP contribution in [0.3, 0.4) is 0 Å². The Morgan fingerprint density at radius 3 is 1.53 bits per heavy atom. The average Bonchev–Trinajstić information content (AvgIpc) is 3.85. The lowest BCUT2D eigenvalue weighted by Gasteiger charge is -2.34. The van der Waals surface area contributed by atoms with Gasteiger partial charge in [0.1, 0.15) is 0 Å². The van der Waals surface area contributed by atoms with E-state index in [0.717, 1.165) is 44.5 Å². The van der Waals surface area contributed by atoms with E-state index in [1.54, 1.807) is 0 Å². The van der Waals surface area contributed by atoms with Crippen LogP contribution in [-0.4, -0.2) is 19.5 Å². The van der Waals surface area contributed by atoms with Crippen LogP contribution in [0.1, 0.15) is 22.3 Å². The van der Waals surface area contributed by atoms with Gasteiger partial charge in [-0.2, -0.15) is 0 Å². The fourth-order valence-electron chi connectivity index (χ4n) is 9.84. The highest BCUT2D eigenvalue weighted by Crippen LogP contribution is 2.58. The van der Waals surface area contributed by atoms with Gasteiger partial charge in [-0.3, -0.25) is 0 Å². The van der Waals surface area contributed by atoms with Crippen LogP contribution in [0.25, 0.3) is 83.9 Å². The van der Waals surface area contributed by atoms with Crippen molar-refractivity contribution < 1.29 is 0 Å². The lowest BCUT2D eigenvalue weighted by molar-refractivity contribution is 0.768. The largest absolute Gasteiger partial charge is 0.309 e. The molecule has 2 heterocycles. The van der Waals surface area contributed by atoms with Gasteiger partial charge < -0.3 is 4.57 Å². The van der Waals surface area contributed by atoms with Crippen molar-refractivity contribution in [2.24, 2.45) is 0 Å². The van der Waals surface area contributed by atoms with E-state index in [9.17, 15) is 0 Å². The second-order valence-electron chi connectivity index (χ2n) is 15.9. The molecule has 0 spiro atoms. The molecule has 0 saturated heterocycles. The van der Waals surface area contributed by atoms with Crippen molar-refractivity contribution >= 4 is 21.8 Å². The van der Waals surface area contributed by atoms with Crippen LogP contribution in [0.2, 0.25) is 0 Å². The summed E-state index contributed by atoms with van der Waals surface area (Å²) in [5, 5.41) is 2.37. The van der Waals surface area contributed by atoms with Gasteiger partial charge >= 0.3 is 0 Å². The molecule has 0 fully saturated rings. The van der Waals surface area contributed by atoms with E-state index in [-0.39, 0.29) is 0 Å². The zero-order valence-corrected chi connectivity index (χ0v) is 33.7. The highest BCUT2D eigenvalue weighted by molar-refractivity contribution is 6.10. The third-order valence-electron chi connectivity index (χ3n) is 12.5. The second-order valence-corrected chi connectivity index (χ2v) is 15.9. The summed E-state index contributed by atoms with van der Waals surface area (Å²) in [6.07, 6.45) is 0. The topological polar surface area (TPSA) is 43.6 Å². The molecule has 290 valence electrons. The fraction of sp³-hybridized carbons (Fsp3) is 0.0172. The SMILES string of the molecule is c1ccc(-c2nc(-c3ccc4c5ccccc5n(-c5ccccc5)c4c3)nc(-c3cc4c(cc3-c3ccccc3)-c3ccccc3C4(c3ccccc3)c3ccccc3)n2)cc1. The molecule has 0 aliphatic heterocycles. The summed E-state index contributed by atoms with van der Waals surface area (Å²) < 4.78 is 2.34. The molecule has 0 saturated carbocycles. The Morgan fingerprint density at radius 1 is 0.306 bits per heavy atom. The highest BCUT2D eigenvalue weighted by Gasteiger charge is 2.46. The molecule has 0 unspecified atom stereocenters. The summed E-state index contributed by atoms with van der Waals surface area (Å²) in [5.74, 6) is 1.85. The monoisotopic (exact) mass is 790 g/mol. The zero-order chi connectivity index (χ0) is 41.0. The molecule has 62 heavy (non-hydrogen) atoms. The molecular formula is C58H38N4. The van der Waals surface area contributed by atoms with Crippen molar-refractivity contribution in [2.45, 2.75) is 5.41 Å². The number of fused-ring (bicyclic) bond motifs is 6. The van der Waals surface area contributed by atoms with Crippen molar-refractivity contribution in [1.82, 2.24) is 19.5 Å². The van der Waals surface area contributed by atoms with Crippen LogP contribution in [0.5, 0.6) is 0 Å². The molecule has 4 nitrogen and oxygen atoms in total. The molecule has 0 N–H and O–H groups in total. The molecule has 0 bridgehead atoms. The molecule has 1 aliphatic carbocycles. The Balaban J connectivity index is 1.16. The van der Waals surface area contributed by atoms with Gasteiger partial charge in [-0.25, -0.2) is 15.0 Å². The summed E-state index contributed by atoms with van der Waals surface area (Å²) in [7, 11) is 0. The molecule has 0 amide bonds. The van der Waals surface area contributed by atoms with E-state index < -0.39 is 5.41 Å². The first kappa shape index (κ1) is 35.7. The Bertz CT molecular complexity index is 3390. The van der Waals surface area contributed by atoms with Gasteiger partial charge in [0.2, 0.25) is 0 Å². The van der Waals surface area contributed by atoms with Gasteiger partial charge in [0.05, 0.1) is 16.4 Å². The fourth-order valence-corrected chi connectivity index (χ4v) is 9.84. The van der Waals surface area contributed by atoms with Crippen molar-refractivity contribution in [3.63, 3.8) is 0 Å². The van der Waals surface area contributed by atoms with Crippen LogP contribution < -0.4 is 0 Å². The molecule has 0 atom stereocenters. The number of hydrogen-bond acceptors (Lipinski definition) is 3. The van der Waals surface area contributed by atoms with E-state index in [0.29, 0.717) is 17.5 Å². The number of rotatable bonds is 7. The maximum absolute atomic E-state index is 5.49. The Labute approximate surface area is 360 Å². The van der Waals surface area contributed by atoms with E-state index in [1.807, 2.05) is 18.2 Å². The number of para-hydroxylation sites is 2. The third kappa shape index (κ3) is 5.58. The molecule has 11 aromatic rings. The first-order chi connectivity index (χ1) is 30.8. The van der Waals surface area contributed by atoms with Crippen molar-refractivity contribution in [3.8, 4) is 62.1 Å². The molecule has 1 aliphatic rings. The predicted octanol–water partition coefficient (Wildman–Crippen LogP) is 14.0. The summed E-state index contributed by atoms with van der Waals surface area (Å²) in [5.41, 5.74) is 15.0. The normalized spacial score (nSPS) is 12.6. The molecule has 4 heteroatoms. The first-order valence-electron chi connectivity index (χ1n) is 21.1. The Hall–Kier alpha value is -8.21. The molecule has 2 aromatic heterocycles. The smallest absolute Gasteiger partial charge is 0.164 e. The van der Waals surface area contributed by atoms with Crippen LogP contribution >= 0.6 is 0 Å². The highest BCUT2D eigenvalue weighted by atomic mass is 15.0. The van der Waals surface area contributed by atoms with E-state index in [4.69, 9.17) is 15.0 Å². The van der Waals surface area contributed by atoms with E-state index in [1.165, 1.54) is 44.2 Å². The third-order valence-corrected chi connectivity index (χ3v) is 12.5. The standard InChI is InChI=1S/C58H38N4/c1-6-20-39(21-7-1)48-37-49-45-30-16-18-32-51(45)58(42-24-10-3-11-25-42,43-26-12-4-13-27-43)52(49)38-50(48)57-60-55(40-22-8-2-9-23-40)59-56(61-57)41-34-35-47-46-31-17-19-33-53(46)62(54(47)36-41)44-28-14-5-15-29-44/h1-38H. The lowest BCUT2D eigenvalue weighted by atomic mass is 9.67. The van der Waals surface area contributed by atoms with Crippen LogP contribution in [0.4, 0.5) is 0 Å². The van der Waals surface area contributed by atoms with Crippen LogP contribution in [-0.2, 0) is 5.41 Å². The average molecular weight is 791 g/mol. The first-order valence-corrected chi connectivity index (χ1v) is 21.1. The summed E-state index contributed by atoms with van der Waals surface area (Å²) >= 11 is 0. The lowest BCUT2D eigenvalue weighted by Crippen LogP contribution is -2.28. The molecule has 0 radical (unpaired) electrons. The zero-order valence-electron chi connectivity index (χ0n) is 33.7.